The van der Waals surface area contributed by atoms with Crippen LogP contribution in [0.4, 0.5) is 0 Å². The minimum atomic E-state index is -0.115. The summed E-state index contributed by atoms with van der Waals surface area (Å²) < 4.78 is 7.06. The summed E-state index contributed by atoms with van der Waals surface area (Å²) in [6, 6.07) is 3.76. The molecule has 2 aromatic rings. The smallest absolute Gasteiger partial charge is 0.271 e. The summed E-state index contributed by atoms with van der Waals surface area (Å²) in [5.41, 5.74) is 3.38. The highest BCUT2D eigenvalue weighted by atomic mass is 16.5. The molecule has 0 unspecified atom stereocenters. The van der Waals surface area contributed by atoms with E-state index in [0.29, 0.717) is 24.8 Å². The second kappa shape index (κ2) is 7.16. The van der Waals surface area contributed by atoms with Gasteiger partial charge in [-0.3, -0.25) is 14.7 Å². The van der Waals surface area contributed by atoms with Gasteiger partial charge in [-0.05, 0) is 44.6 Å². The number of amides is 1. The Bertz CT molecular complexity index is 938. The minimum Gasteiger partial charge on any atom is -0.376 e. The monoisotopic (exact) mass is 383 g/mol. The first-order chi connectivity index (χ1) is 13.7. The molecular weight excluding hydrogens is 358 g/mol. The number of carbonyl (C=O) groups is 1. The lowest BCUT2D eigenvalue weighted by Gasteiger charge is -2.30. The first kappa shape index (κ1) is 17.6. The summed E-state index contributed by atoms with van der Waals surface area (Å²) in [6.45, 7) is 1.14. The van der Waals surface area contributed by atoms with Gasteiger partial charge in [0.1, 0.15) is 5.69 Å². The Kier molecular flexibility index (Phi) is 4.50. The number of rotatable bonds is 4. The molecule has 2 aromatic heterocycles. The number of nitrogens with one attached hydrogen (secondary N) is 2. The van der Waals surface area contributed by atoms with Crippen molar-refractivity contribution in [3.05, 3.63) is 45.1 Å². The van der Waals surface area contributed by atoms with Crippen LogP contribution in [0.25, 0.3) is 0 Å². The van der Waals surface area contributed by atoms with E-state index >= 15 is 0 Å². The van der Waals surface area contributed by atoms with Crippen LogP contribution in [0.5, 0.6) is 0 Å². The van der Waals surface area contributed by atoms with Crippen LogP contribution >= 0.6 is 0 Å². The molecule has 1 aliphatic heterocycles. The van der Waals surface area contributed by atoms with Crippen LogP contribution in [0.3, 0.4) is 0 Å². The molecule has 2 saturated carbocycles. The van der Waals surface area contributed by atoms with E-state index in [2.05, 4.69) is 20.6 Å². The van der Waals surface area contributed by atoms with Crippen molar-refractivity contribution in [3.8, 4) is 0 Å². The molecule has 0 spiro atoms. The lowest BCUT2D eigenvalue weighted by atomic mass is 9.91. The normalized spacial score (nSPS) is 24.6. The predicted octanol–water partition coefficient (Wildman–Crippen LogP) is 1.83. The third-order valence-corrected chi connectivity index (χ3v) is 6.09. The molecule has 1 amide bonds. The fourth-order valence-electron chi connectivity index (χ4n) is 4.27. The van der Waals surface area contributed by atoms with Gasteiger partial charge in [0.2, 0.25) is 0 Å². The number of aromatic amines is 1. The lowest BCUT2D eigenvalue weighted by molar-refractivity contribution is 0.0915. The summed E-state index contributed by atoms with van der Waals surface area (Å²) in [4.78, 5) is 24.9. The Morgan fingerprint density at radius 2 is 2.00 bits per heavy atom. The molecule has 2 fully saturated rings. The van der Waals surface area contributed by atoms with Crippen molar-refractivity contribution in [1.29, 1.82) is 0 Å². The van der Waals surface area contributed by atoms with E-state index < -0.39 is 0 Å². The van der Waals surface area contributed by atoms with Crippen LogP contribution < -0.4 is 10.9 Å². The molecule has 3 aliphatic rings. The molecule has 0 saturated heterocycles. The molecule has 148 valence electrons. The second-order valence-corrected chi connectivity index (χ2v) is 8.16. The molecule has 0 bridgehead atoms. The van der Waals surface area contributed by atoms with Crippen LogP contribution in [0, 0.1) is 0 Å². The Morgan fingerprint density at radius 3 is 2.79 bits per heavy atom. The van der Waals surface area contributed by atoms with Gasteiger partial charge in [-0.2, -0.15) is 10.2 Å². The van der Waals surface area contributed by atoms with Crippen LogP contribution in [-0.4, -0.2) is 38.5 Å². The summed E-state index contributed by atoms with van der Waals surface area (Å²) >= 11 is 0. The van der Waals surface area contributed by atoms with Crippen molar-refractivity contribution < 1.29 is 9.53 Å². The highest BCUT2D eigenvalue weighted by Crippen LogP contribution is 2.39. The summed E-state index contributed by atoms with van der Waals surface area (Å²) in [6.07, 6.45) is 6.46. The van der Waals surface area contributed by atoms with E-state index in [1.807, 2.05) is 6.07 Å². The van der Waals surface area contributed by atoms with Gasteiger partial charge >= 0.3 is 0 Å². The quantitative estimate of drug-likeness (QED) is 0.839. The van der Waals surface area contributed by atoms with Crippen LogP contribution in [0.1, 0.15) is 77.9 Å². The van der Waals surface area contributed by atoms with Crippen molar-refractivity contribution in [2.45, 2.75) is 69.6 Å². The average Bonchev–Trinajstić information content (AvgIpc) is 3.44. The SMILES string of the molecule is O=C(NC1CCC(n2nc3c(cc2=O)COCC3)CC1)c1cc(C2CC2)[nH]n1. The maximum atomic E-state index is 12.5. The number of nitrogens with zero attached hydrogens (tertiary/aromatic N) is 3. The van der Waals surface area contributed by atoms with Gasteiger partial charge in [0, 0.05) is 35.7 Å². The molecule has 0 atom stereocenters. The Labute approximate surface area is 162 Å². The van der Waals surface area contributed by atoms with Crippen LogP contribution in [0.15, 0.2) is 16.9 Å². The molecule has 0 radical (unpaired) electrons. The van der Waals surface area contributed by atoms with Gasteiger partial charge < -0.3 is 10.1 Å². The van der Waals surface area contributed by atoms with Crippen LogP contribution in [0.2, 0.25) is 0 Å². The third-order valence-electron chi connectivity index (χ3n) is 6.09. The maximum absolute atomic E-state index is 12.5. The number of ether oxygens (including phenoxy) is 1. The molecule has 2 aliphatic carbocycles. The van der Waals surface area contributed by atoms with Crippen LogP contribution in [-0.2, 0) is 17.8 Å². The first-order valence-corrected chi connectivity index (χ1v) is 10.2. The minimum absolute atomic E-state index is 0.0548. The number of aromatic nitrogens is 4. The molecule has 28 heavy (non-hydrogen) atoms. The van der Waals surface area contributed by atoms with Gasteiger partial charge in [-0.25, -0.2) is 4.68 Å². The zero-order chi connectivity index (χ0) is 19.1. The van der Waals surface area contributed by atoms with Gasteiger partial charge in [-0.1, -0.05) is 0 Å². The standard InChI is InChI=1S/C20H25N5O3/c26-19-9-13-11-28-8-7-16(13)24-25(19)15-5-3-14(4-6-15)21-20(27)18-10-17(22-23-18)12-1-2-12/h9-10,12,14-15H,1-8,11H2,(H,21,27)(H,22,23). The maximum Gasteiger partial charge on any atom is 0.271 e. The second-order valence-electron chi connectivity index (χ2n) is 8.16. The van der Waals surface area contributed by atoms with E-state index in [4.69, 9.17) is 4.74 Å². The van der Waals surface area contributed by atoms with E-state index in [0.717, 1.165) is 49.1 Å². The molecule has 8 heteroatoms. The zero-order valence-corrected chi connectivity index (χ0v) is 15.8. The largest absolute Gasteiger partial charge is 0.376 e. The fraction of sp³-hybridized carbons (Fsp3) is 0.600. The fourth-order valence-corrected chi connectivity index (χ4v) is 4.27. The lowest BCUT2D eigenvalue weighted by Crippen LogP contribution is -2.40. The third kappa shape index (κ3) is 3.48. The van der Waals surface area contributed by atoms with E-state index in [9.17, 15) is 9.59 Å². The van der Waals surface area contributed by atoms with Crippen molar-refractivity contribution in [2.75, 3.05) is 6.61 Å². The molecule has 8 nitrogen and oxygen atoms in total. The van der Waals surface area contributed by atoms with E-state index in [-0.39, 0.29) is 23.6 Å². The first-order valence-electron chi connectivity index (χ1n) is 10.2. The number of H-pyrrole nitrogens is 1. The average molecular weight is 383 g/mol. The van der Waals surface area contributed by atoms with Crippen molar-refractivity contribution in [3.63, 3.8) is 0 Å². The summed E-state index contributed by atoms with van der Waals surface area (Å²) in [5.74, 6) is 0.439. The Morgan fingerprint density at radius 1 is 1.18 bits per heavy atom. The highest BCUT2D eigenvalue weighted by molar-refractivity contribution is 5.92. The van der Waals surface area contributed by atoms with Crippen molar-refractivity contribution in [1.82, 2.24) is 25.3 Å². The number of hydrogen-bond acceptors (Lipinski definition) is 5. The molecule has 0 aromatic carbocycles. The number of hydrogen-bond donors (Lipinski definition) is 2. The highest BCUT2D eigenvalue weighted by Gasteiger charge is 2.29. The summed E-state index contributed by atoms with van der Waals surface area (Å²) in [5, 5.41) is 14.9. The molecule has 5 rings (SSSR count). The molecule has 2 N–H and O–H groups in total. The van der Waals surface area contributed by atoms with Gasteiger partial charge in [0.05, 0.1) is 24.9 Å². The van der Waals surface area contributed by atoms with E-state index in [1.165, 1.54) is 12.8 Å². The Balaban J connectivity index is 1.20. The summed E-state index contributed by atoms with van der Waals surface area (Å²) in [7, 11) is 0. The molecule has 3 heterocycles. The number of fused-ring (bicyclic) bond motifs is 1. The zero-order valence-electron chi connectivity index (χ0n) is 15.8. The molecular formula is C20H25N5O3. The number of carbonyl (C=O) groups excluding carboxylic acids is 1. The van der Waals surface area contributed by atoms with E-state index in [1.54, 1.807) is 10.7 Å². The Hall–Kier alpha value is -2.48. The topological polar surface area (TPSA) is 102 Å². The van der Waals surface area contributed by atoms with Crippen molar-refractivity contribution >= 4 is 5.91 Å². The van der Waals surface area contributed by atoms with Gasteiger partial charge in [0.15, 0.2) is 0 Å². The van der Waals surface area contributed by atoms with Crippen molar-refractivity contribution in [2.24, 2.45) is 0 Å². The van der Waals surface area contributed by atoms with Gasteiger partial charge in [0.25, 0.3) is 11.5 Å². The predicted molar refractivity (Wildman–Crippen MR) is 101 cm³/mol. The van der Waals surface area contributed by atoms with Gasteiger partial charge in [-0.15, -0.1) is 0 Å².